The number of likely N-dealkylation sites (N-methyl/N-ethyl adjacent to an activating group) is 1. The van der Waals surface area contributed by atoms with E-state index in [2.05, 4.69) is 18.5 Å². The van der Waals surface area contributed by atoms with Gasteiger partial charge in [-0.3, -0.25) is 0 Å². The number of nitrogens with zero attached hydrogens (tertiary/aromatic N) is 1. The number of hydrogen-bond acceptors (Lipinski definition) is 6. The van der Waals surface area contributed by atoms with Crippen LogP contribution in [0.1, 0.15) is 13.8 Å². The molecule has 0 bridgehead atoms. The molecule has 0 aliphatic rings. The fraction of sp³-hybridized carbons (Fsp3) is 0.647. The molecule has 1 amide bonds. The summed E-state index contributed by atoms with van der Waals surface area (Å²) in [6.07, 6.45) is -1.43. The lowest BCUT2D eigenvalue weighted by molar-refractivity contribution is -0.869. The monoisotopic (exact) mass is 359 g/mol. The van der Waals surface area contributed by atoms with Crippen molar-refractivity contribution in [2.45, 2.75) is 20.0 Å². The Hall–Kier alpha value is -1.90. The standard InChI is InChI=1S/C17H30N2O6/c1-13(2)10-23-24-12-15(11-22-16(20)14(3)4)25-17(21)18-8-9-19(5,6)7/h15H,1,3,8-12H2,2,4-7H3/p+1. The van der Waals surface area contributed by atoms with Crippen LogP contribution in [-0.4, -0.2) is 76.7 Å². The van der Waals surface area contributed by atoms with E-state index in [1.165, 1.54) is 6.92 Å². The second-order valence-corrected chi connectivity index (χ2v) is 6.85. The lowest BCUT2D eigenvalue weighted by Gasteiger charge is -2.24. The van der Waals surface area contributed by atoms with Gasteiger partial charge in [-0.25, -0.2) is 19.4 Å². The van der Waals surface area contributed by atoms with Crippen molar-refractivity contribution in [1.82, 2.24) is 5.32 Å². The average molecular weight is 359 g/mol. The van der Waals surface area contributed by atoms with Crippen LogP contribution in [0.5, 0.6) is 0 Å². The van der Waals surface area contributed by atoms with Crippen LogP contribution in [0.2, 0.25) is 0 Å². The van der Waals surface area contributed by atoms with Gasteiger partial charge in [0.15, 0.2) is 6.10 Å². The molecule has 1 unspecified atom stereocenters. The maximum atomic E-state index is 11.8. The van der Waals surface area contributed by atoms with E-state index in [1.54, 1.807) is 6.92 Å². The molecule has 0 heterocycles. The molecule has 0 aromatic rings. The van der Waals surface area contributed by atoms with E-state index >= 15 is 0 Å². The second kappa shape index (κ2) is 11.6. The molecule has 1 atom stereocenters. The summed E-state index contributed by atoms with van der Waals surface area (Å²) in [4.78, 5) is 33.2. The van der Waals surface area contributed by atoms with Gasteiger partial charge in [-0.2, -0.15) is 0 Å². The molecule has 8 nitrogen and oxygen atoms in total. The molecule has 8 heteroatoms. The summed E-state index contributed by atoms with van der Waals surface area (Å²) in [6, 6.07) is 0. The molecule has 144 valence electrons. The molecular formula is C17H31N2O6+. The van der Waals surface area contributed by atoms with Crippen molar-refractivity contribution < 1.29 is 33.3 Å². The molecule has 0 rings (SSSR count). The summed E-state index contributed by atoms with van der Waals surface area (Å²) < 4.78 is 10.9. The van der Waals surface area contributed by atoms with E-state index in [0.717, 1.165) is 12.1 Å². The Morgan fingerprint density at radius 3 is 2.24 bits per heavy atom. The summed E-state index contributed by atoms with van der Waals surface area (Å²) in [5.41, 5.74) is 1.04. The molecule has 0 aliphatic heterocycles. The van der Waals surface area contributed by atoms with Crippen molar-refractivity contribution in [2.24, 2.45) is 0 Å². The summed E-state index contributed by atoms with van der Waals surface area (Å²) in [7, 11) is 6.04. The first-order valence-corrected chi connectivity index (χ1v) is 7.97. The first kappa shape index (κ1) is 23.1. The van der Waals surface area contributed by atoms with E-state index in [9.17, 15) is 9.59 Å². The lowest BCUT2D eigenvalue weighted by Crippen LogP contribution is -2.43. The molecule has 0 aliphatic carbocycles. The Morgan fingerprint density at radius 1 is 1.08 bits per heavy atom. The number of hydrogen-bond donors (Lipinski definition) is 1. The zero-order valence-electron chi connectivity index (χ0n) is 15.9. The number of esters is 1. The van der Waals surface area contributed by atoms with Crippen molar-refractivity contribution in [3.8, 4) is 0 Å². The zero-order chi connectivity index (χ0) is 19.5. The molecular weight excluding hydrogens is 328 g/mol. The third-order valence-electron chi connectivity index (χ3n) is 2.72. The lowest BCUT2D eigenvalue weighted by atomic mass is 10.3. The highest BCUT2D eigenvalue weighted by Gasteiger charge is 2.19. The minimum Gasteiger partial charge on any atom is -0.458 e. The number of ether oxygens (including phenoxy) is 2. The molecule has 0 saturated heterocycles. The van der Waals surface area contributed by atoms with Gasteiger partial charge in [0.1, 0.15) is 19.8 Å². The number of nitrogens with one attached hydrogen (secondary N) is 1. The number of carbonyl (C=O) groups is 2. The quantitative estimate of drug-likeness (QED) is 0.108. The van der Waals surface area contributed by atoms with E-state index in [1.807, 2.05) is 21.1 Å². The van der Waals surface area contributed by atoms with Crippen molar-refractivity contribution in [3.63, 3.8) is 0 Å². The van der Waals surface area contributed by atoms with Gasteiger partial charge in [-0.15, -0.1) is 0 Å². The van der Waals surface area contributed by atoms with Crippen LogP contribution in [0.15, 0.2) is 24.3 Å². The van der Waals surface area contributed by atoms with Gasteiger partial charge in [0.2, 0.25) is 0 Å². The number of rotatable bonds is 12. The number of carbonyl (C=O) groups excluding carboxylic acids is 2. The number of quaternary nitrogens is 1. The third kappa shape index (κ3) is 14.2. The van der Waals surface area contributed by atoms with Gasteiger partial charge >= 0.3 is 12.1 Å². The van der Waals surface area contributed by atoms with Crippen LogP contribution < -0.4 is 5.32 Å². The van der Waals surface area contributed by atoms with E-state index < -0.39 is 18.2 Å². The fourth-order valence-electron chi connectivity index (χ4n) is 1.36. The average Bonchev–Trinajstić information content (AvgIpc) is 2.46. The minimum absolute atomic E-state index is 0.0838. The molecule has 25 heavy (non-hydrogen) atoms. The highest BCUT2D eigenvalue weighted by atomic mass is 17.2. The number of amides is 1. The first-order valence-electron chi connectivity index (χ1n) is 7.97. The topological polar surface area (TPSA) is 83.1 Å². The van der Waals surface area contributed by atoms with Crippen molar-refractivity contribution >= 4 is 12.1 Å². The highest BCUT2D eigenvalue weighted by molar-refractivity contribution is 5.86. The Bertz CT molecular complexity index is 470. The fourth-order valence-corrected chi connectivity index (χ4v) is 1.36. The summed E-state index contributed by atoms with van der Waals surface area (Å²) in [5, 5.41) is 2.64. The Labute approximate surface area is 149 Å². The second-order valence-electron chi connectivity index (χ2n) is 6.85. The van der Waals surface area contributed by atoms with Gasteiger partial charge < -0.3 is 19.3 Å². The maximum absolute atomic E-state index is 11.8. The van der Waals surface area contributed by atoms with E-state index in [4.69, 9.17) is 19.2 Å². The van der Waals surface area contributed by atoms with E-state index in [-0.39, 0.29) is 25.4 Å². The Morgan fingerprint density at radius 2 is 1.72 bits per heavy atom. The summed E-state index contributed by atoms with van der Waals surface area (Å²) >= 11 is 0. The largest absolute Gasteiger partial charge is 0.458 e. The van der Waals surface area contributed by atoms with Crippen molar-refractivity contribution in [3.05, 3.63) is 24.3 Å². The third-order valence-corrected chi connectivity index (χ3v) is 2.72. The maximum Gasteiger partial charge on any atom is 0.407 e. The smallest absolute Gasteiger partial charge is 0.407 e. The molecule has 0 fully saturated rings. The summed E-state index contributed by atoms with van der Waals surface area (Å²) in [6.45, 7) is 11.6. The van der Waals surface area contributed by atoms with E-state index in [0.29, 0.717) is 11.0 Å². The highest BCUT2D eigenvalue weighted by Crippen LogP contribution is 2.01. The normalized spacial score (nSPS) is 12.2. The van der Waals surface area contributed by atoms with Crippen LogP contribution in [-0.2, 0) is 24.0 Å². The number of alkyl carbamates (subject to hydrolysis) is 1. The van der Waals surface area contributed by atoms with Crippen LogP contribution in [0.25, 0.3) is 0 Å². The van der Waals surface area contributed by atoms with Crippen LogP contribution in [0.3, 0.4) is 0 Å². The predicted molar refractivity (Wildman–Crippen MR) is 93.7 cm³/mol. The van der Waals surface area contributed by atoms with Gasteiger partial charge in [-0.1, -0.05) is 18.7 Å². The van der Waals surface area contributed by atoms with Gasteiger partial charge in [-0.05, 0) is 13.8 Å². The van der Waals surface area contributed by atoms with Crippen molar-refractivity contribution in [1.29, 1.82) is 0 Å². The first-order chi connectivity index (χ1) is 11.5. The van der Waals surface area contributed by atoms with Crippen molar-refractivity contribution in [2.75, 3.05) is 54.1 Å². The van der Waals surface area contributed by atoms with Crippen LogP contribution in [0.4, 0.5) is 4.79 Å². The van der Waals surface area contributed by atoms with Gasteiger partial charge in [0.05, 0.1) is 34.2 Å². The van der Waals surface area contributed by atoms with Crippen LogP contribution in [0, 0.1) is 0 Å². The minimum atomic E-state index is -0.808. The molecule has 0 aromatic heterocycles. The van der Waals surface area contributed by atoms with Gasteiger partial charge in [0, 0.05) is 5.57 Å². The molecule has 1 N–H and O–H groups in total. The zero-order valence-corrected chi connectivity index (χ0v) is 15.9. The molecule has 0 saturated carbocycles. The van der Waals surface area contributed by atoms with Gasteiger partial charge in [0.25, 0.3) is 0 Å². The molecule has 0 aromatic carbocycles. The molecule has 0 spiro atoms. The van der Waals surface area contributed by atoms with Crippen LogP contribution >= 0.6 is 0 Å². The SMILES string of the molecule is C=C(C)COOCC(COC(=O)C(=C)C)OC(=O)NCC[N+](C)(C)C. The Kier molecular flexibility index (Phi) is 10.7. The summed E-state index contributed by atoms with van der Waals surface area (Å²) in [5.74, 6) is -0.568. The molecule has 0 radical (unpaired) electrons. The Balaban J connectivity index is 4.39. The predicted octanol–water partition coefficient (Wildman–Crippen LogP) is 1.43.